The minimum Gasteiger partial charge on any atom is -0.330 e. The van der Waals surface area contributed by atoms with Crippen molar-refractivity contribution in [2.24, 2.45) is 0 Å². The highest BCUT2D eigenvalue weighted by molar-refractivity contribution is 5.93. The number of hydrogen-bond acceptors (Lipinski definition) is 4. The Labute approximate surface area is 160 Å². The molecule has 1 aliphatic heterocycles. The highest BCUT2D eigenvalue weighted by Gasteiger charge is 2.35. The molecule has 0 bridgehead atoms. The van der Waals surface area contributed by atoms with Gasteiger partial charge >= 0.3 is 0 Å². The second-order valence-corrected chi connectivity index (χ2v) is 7.10. The fourth-order valence-electron chi connectivity index (χ4n) is 3.61. The summed E-state index contributed by atoms with van der Waals surface area (Å²) in [7, 11) is 0. The van der Waals surface area contributed by atoms with E-state index in [1.807, 2.05) is 34.7 Å². The number of nitrogens with zero attached hydrogens (tertiary/aromatic N) is 4. The zero-order valence-electron chi connectivity index (χ0n) is 15.1. The zero-order chi connectivity index (χ0) is 17.2. The van der Waals surface area contributed by atoms with E-state index in [-0.39, 0.29) is 18.3 Å². The van der Waals surface area contributed by atoms with Gasteiger partial charge in [0.05, 0.1) is 11.7 Å². The van der Waals surface area contributed by atoms with E-state index in [0.29, 0.717) is 24.3 Å². The Morgan fingerprint density at radius 1 is 1.19 bits per heavy atom. The van der Waals surface area contributed by atoms with Crippen molar-refractivity contribution in [2.45, 2.75) is 51.2 Å². The molecule has 26 heavy (non-hydrogen) atoms. The minimum atomic E-state index is 0. The monoisotopic (exact) mass is 375 g/mol. The van der Waals surface area contributed by atoms with E-state index in [2.05, 4.69) is 27.8 Å². The summed E-state index contributed by atoms with van der Waals surface area (Å²) in [5, 5.41) is 12.0. The number of rotatable bonds is 5. The van der Waals surface area contributed by atoms with E-state index < -0.39 is 0 Å². The summed E-state index contributed by atoms with van der Waals surface area (Å²) in [6.07, 6.45) is 4.24. The van der Waals surface area contributed by atoms with Crippen molar-refractivity contribution in [3.8, 4) is 0 Å². The van der Waals surface area contributed by atoms with Gasteiger partial charge < -0.3 is 10.2 Å². The largest absolute Gasteiger partial charge is 0.330 e. The first-order valence-corrected chi connectivity index (χ1v) is 9.21. The molecule has 1 saturated heterocycles. The van der Waals surface area contributed by atoms with Crippen LogP contribution in [0.15, 0.2) is 30.3 Å². The van der Waals surface area contributed by atoms with Crippen molar-refractivity contribution < 1.29 is 4.79 Å². The molecule has 1 saturated carbocycles. The molecule has 0 radical (unpaired) electrons. The van der Waals surface area contributed by atoms with Crippen LogP contribution in [0.25, 0.3) is 0 Å². The third-order valence-electron chi connectivity index (χ3n) is 5.23. The molecule has 7 heteroatoms. The number of amides is 1. The van der Waals surface area contributed by atoms with Crippen LogP contribution in [0.1, 0.15) is 53.5 Å². The van der Waals surface area contributed by atoms with Crippen molar-refractivity contribution in [2.75, 3.05) is 13.1 Å². The number of carbonyl (C=O) groups is 1. The Hall–Kier alpha value is -1.92. The Morgan fingerprint density at radius 2 is 1.88 bits per heavy atom. The van der Waals surface area contributed by atoms with Gasteiger partial charge in [-0.25, -0.2) is 4.68 Å². The van der Waals surface area contributed by atoms with E-state index in [1.54, 1.807) is 0 Å². The molecular weight excluding hydrogens is 350 g/mol. The molecule has 1 aromatic carbocycles. The van der Waals surface area contributed by atoms with E-state index in [9.17, 15) is 4.79 Å². The van der Waals surface area contributed by atoms with E-state index in [4.69, 9.17) is 0 Å². The SMILES string of the molecule is Cc1c(C(=O)N(Cc2ccccc2)C2CC2)nnn1C1CCNCC1.Cl. The van der Waals surface area contributed by atoms with Gasteiger partial charge in [-0.05, 0) is 51.3 Å². The summed E-state index contributed by atoms with van der Waals surface area (Å²) in [6, 6.07) is 10.9. The molecule has 2 fully saturated rings. The lowest BCUT2D eigenvalue weighted by Crippen LogP contribution is -2.33. The highest BCUT2D eigenvalue weighted by atomic mass is 35.5. The lowest BCUT2D eigenvalue weighted by Gasteiger charge is -2.24. The summed E-state index contributed by atoms with van der Waals surface area (Å²) < 4.78 is 1.96. The maximum absolute atomic E-state index is 13.1. The molecule has 2 heterocycles. The molecule has 6 nitrogen and oxygen atoms in total. The summed E-state index contributed by atoms with van der Waals surface area (Å²) in [5.41, 5.74) is 2.57. The summed E-state index contributed by atoms with van der Waals surface area (Å²) in [4.78, 5) is 15.1. The van der Waals surface area contributed by atoms with Crippen LogP contribution in [-0.2, 0) is 6.54 Å². The number of aromatic nitrogens is 3. The van der Waals surface area contributed by atoms with Gasteiger partial charge in [0.25, 0.3) is 5.91 Å². The second-order valence-electron chi connectivity index (χ2n) is 7.10. The first-order chi connectivity index (χ1) is 12.2. The van der Waals surface area contributed by atoms with Crippen molar-refractivity contribution in [1.82, 2.24) is 25.2 Å². The Morgan fingerprint density at radius 3 is 2.54 bits per heavy atom. The normalized spacial score (nSPS) is 17.6. The maximum Gasteiger partial charge on any atom is 0.276 e. The van der Waals surface area contributed by atoms with Gasteiger partial charge in [0.15, 0.2) is 5.69 Å². The van der Waals surface area contributed by atoms with Gasteiger partial charge in [0, 0.05) is 12.6 Å². The van der Waals surface area contributed by atoms with Gasteiger partial charge in [0.1, 0.15) is 0 Å². The lowest BCUT2D eigenvalue weighted by molar-refractivity contribution is 0.0723. The van der Waals surface area contributed by atoms with Gasteiger partial charge in [-0.3, -0.25) is 4.79 Å². The molecule has 2 aromatic rings. The van der Waals surface area contributed by atoms with Gasteiger partial charge in [-0.1, -0.05) is 35.5 Å². The Balaban J connectivity index is 0.00000196. The quantitative estimate of drug-likeness (QED) is 0.872. The number of benzene rings is 1. The fourth-order valence-corrected chi connectivity index (χ4v) is 3.61. The zero-order valence-corrected chi connectivity index (χ0v) is 15.9. The molecule has 4 rings (SSSR count). The van der Waals surface area contributed by atoms with E-state index >= 15 is 0 Å². The topological polar surface area (TPSA) is 63.1 Å². The van der Waals surface area contributed by atoms with Crippen LogP contribution in [0.4, 0.5) is 0 Å². The molecule has 1 aliphatic carbocycles. The van der Waals surface area contributed by atoms with E-state index in [0.717, 1.165) is 50.0 Å². The minimum absolute atomic E-state index is 0. The Bertz CT molecular complexity index is 738. The summed E-state index contributed by atoms with van der Waals surface area (Å²) >= 11 is 0. The summed E-state index contributed by atoms with van der Waals surface area (Å²) in [5.74, 6) is 0.0176. The molecule has 140 valence electrons. The maximum atomic E-state index is 13.1. The first-order valence-electron chi connectivity index (χ1n) is 9.21. The van der Waals surface area contributed by atoms with E-state index in [1.165, 1.54) is 0 Å². The van der Waals surface area contributed by atoms with Crippen molar-refractivity contribution in [3.05, 3.63) is 47.3 Å². The number of halogens is 1. The number of piperidine rings is 1. The van der Waals surface area contributed by atoms with Crippen molar-refractivity contribution in [1.29, 1.82) is 0 Å². The molecule has 1 aromatic heterocycles. The van der Waals surface area contributed by atoms with Crippen molar-refractivity contribution in [3.63, 3.8) is 0 Å². The summed E-state index contributed by atoms with van der Waals surface area (Å²) in [6.45, 7) is 4.61. The van der Waals surface area contributed by atoms with Gasteiger partial charge in [0.2, 0.25) is 0 Å². The molecule has 1 N–H and O–H groups in total. The molecule has 0 spiro atoms. The predicted octanol–water partition coefficient (Wildman–Crippen LogP) is 2.74. The average molecular weight is 376 g/mol. The van der Waals surface area contributed by atoms with Crippen LogP contribution in [0.3, 0.4) is 0 Å². The lowest BCUT2D eigenvalue weighted by atomic mass is 10.1. The highest BCUT2D eigenvalue weighted by Crippen LogP contribution is 2.30. The van der Waals surface area contributed by atoms with Crippen LogP contribution < -0.4 is 5.32 Å². The third-order valence-corrected chi connectivity index (χ3v) is 5.23. The molecule has 2 aliphatic rings. The second kappa shape index (κ2) is 8.18. The molecule has 1 amide bonds. The van der Waals surface area contributed by atoms with Crippen LogP contribution in [0.2, 0.25) is 0 Å². The van der Waals surface area contributed by atoms with Crippen LogP contribution in [-0.4, -0.2) is 44.9 Å². The smallest absolute Gasteiger partial charge is 0.276 e. The van der Waals surface area contributed by atoms with Gasteiger partial charge in [-0.15, -0.1) is 17.5 Å². The molecule has 0 unspecified atom stereocenters. The first kappa shape index (κ1) is 18.9. The van der Waals surface area contributed by atoms with Crippen LogP contribution in [0, 0.1) is 6.92 Å². The molecule has 0 atom stereocenters. The van der Waals surface area contributed by atoms with Crippen LogP contribution in [0.5, 0.6) is 0 Å². The fraction of sp³-hybridized carbons (Fsp3) is 0.526. The Kier molecular flexibility index (Phi) is 5.94. The average Bonchev–Trinajstić information content (AvgIpc) is 3.42. The molecular formula is C19H26ClN5O. The number of hydrogen-bond donors (Lipinski definition) is 1. The number of nitrogens with one attached hydrogen (secondary N) is 1. The number of carbonyl (C=O) groups excluding carboxylic acids is 1. The predicted molar refractivity (Wildman–Crippen MR) is 102 cm³/mol. The standard InChI is InChI=1S/C19H25N5O.ClH/c1-14-18(21-22-24(14)17-9-11-20-12-10-17)19(25)23(16-7-8-16)13-15-5-3-2-4-6-15;/h2-6,16-17,20H,7-13H2,1H3;1H. The van der Waals surface area contributed by atoms with Crippen molar-refractivity contribution >= 4 is 18.3 Å². The van der Waals surface area contributed by atoms with Gasteiger partial charge in [-0.2, -0.15) is 0 Å². The third kappa shape index (κ3) is 3.91. The van der Waals surface area contributed by atoms with Crippen LogP contribution >= 0.6 is 12.4 Å².